The standard InChI is InChI=1S/C18H37NO/c1-2-3-4-5-6-7-8-9-10-11-12-13-14-15-18-16-20-17-19-18/h18-19H,2-17H2,1H3. The Kier molecular flexibility index (Phi) is 12.5. The second-order valence-electron chi connectivity index (χ2n) is 6.45. The van der Waals surface area contributed by atoms with E-state index in [0.29, 0.717) is 6.04 Å². The van der Waals surface area contributed by atoms with Crippen LogP contribution in [0.2, 0.25) is 0 Å². The molecule has 1 aliphatic rings. The fraction of sp³-hybridized carbons (Fsp3) is 1.00. The van der Waals surface area contributed by atoms with Gasteiger partial charge in [-0.05, 0) is 6.42 Å². The molecule has 1 N–H and O–H groups in total. The van der Waals surface area contributed by atoms with Gasteiger partial charge in [-0.2, -0.15) is 0 Å². The summed E-state index contributed by atoms with van der Waals surface area (Å²) in [4.78, 5) is 0. The van der Waals surface area contributed by atoms with Crippen molar-refractivity contribution in [2.24, 2.45) is 0 Å². The number of ether oxygens (including phenoxy) is 1. The van der Waals surface area contributed by atoms with Crippen LogP contribution in [0, 0.1) is 0 Å². The van der Waals surface area contributed by atoms with E-state index in [-0.39, 0.29) is 0 Å². The Hall–Kier alpha value is -0.0800. The first-order chi connectivity index (χ1) is 9.93. The van der Waals surface area contributed by atoms with Crippen molar-refractivity contribution in [3.8, 4) is 0 Å². The molecule has 0 aromatic carbocycles. The Labute approximate surface area is 127 Å². The van der Waals surface area contributed by atoms with E-state index in [9.17, 15) is 0 Å². The first-order valence-corrected chi connectivity index (χ1v) is 9.24. The van der Waals surface area contributed by atoms with Crippen LogP contribution in [0.3, 0.4) is 0 Å². The Morgan fingerprint density at radius 2 is 1.25 bits per heavy atom. The zero-order valence-electron chi connectivity index (χ0n) is 13.8. The van der Waals surface area contributed by atoms with Crippen LogP contribution in [0.4, 0.5) is 0 Å². The zero-order chi connectivity index (χ0) is 14.3. The van der Waals surface area contributed by atoms with E-state index in [4.69, 9.17) is 4.74 Å². The van der Waals surface area contributed by atoms with Crippen LogP contribution in [0.15, 0.2) is 0 Å². The number of hydrogen-bond donors (Lipinski definition) is 1. The van der Waals surface area contributed by atoms with E-state index in [1.807, 2.05) is 0 Å². The van der Waals surface area contributed by atoms with Crippen LogP contribution < -0.4 is 5.32 Å². The summed E-state index contributed by atoms with van der Waals surface area (Å²) in [5.41, 5.74) is 0. The van der Waals surface area contributed by atoms with E-state index >= 15 is 0 Å². The quantitative estimate of drug-likeness (QED) is 0.430. The van der Waals surface area contributed by atoms with Gasteiger partial charge in [0.25, 0.3) is 0 Å². The molecule has 1 saturated heterocycles. The highest BCUT2D eigenvalue weighted by Gasteiger charge is 2.12. The molecule has 0 aromatic heterocycles. The molecule has 0 aliphatic carbocycles. The summed E-state index contributed by atoms with van der Waals surface area (Å²) in [6.07, 6.45) is 20.0. The van der Waals surface area contributed by atoms with E-state index in [1.54, 1.807) is 0 Å². The summed E-state index contributed by atoms with van der Waals surface area (Å²) in [5.74, 6) is 0. The van der Waals surface area contributed by atoms with Gasteiger partial charge in [0.1, 0.15) is 0 Å². The van der Waals surface area contributed by atoms with Gasteiger partial charge < -0.3 is 4.74 Å². The van der Waals surface area contributed by atoms with Crippen molar-refractivity contribution in [2.75, 3.05) is 13.3 Å². The van der Waals surface area contributed by atoms with Crippen LogP contribution in [0.5, 0.6) is 0 Å². The maximum atomic E-state index is 5.31. The van der Waals surface area contributed by atoms with Gasteiger partial charge in [-0.3, -0.25) is 5.32 Å². The normalized spacial score (nSPS) is 18.8. The van der Waals surface area contributed by atoms with E-state index in [0.717, 1.165) is 13.3 Å². The SMILES string of the molecule is CCCCCCCCCCCCCCCC1COCN1. The van der Waals surface area contributed by atoms with E-state index in [2.05, 4.69) is 12.2 Å². The number of unbranched alkanes of at least 4 members (excludes halogenated alkanes) is 12. The molecular formula is C18H37NO. The molecule has 120 valence electrons. The van der Waals surface area contributed by atoms with Gasteiger partial charge in [0.05, 0.1) is 13.3 Å². The van der Waals surface area contributed by atoms with Crippen LogP contribution in [0.25, 0.3) is 0 Å². The summed E-state index contributed by atoms with van der Waals surface area (Å²) < 4.78 is 5.31. The summed E-state index contributed by atoms with van der Waals surface area (Å²) in [5, 5.41) is 3.38. The Morgan fingerprint density at radius 1 is 0.750 bits per heavy atom. The molecule has 0 amide bonds. The van der Waals surface area contributed by atoms with E-state index < -0.39 is 0 Å². The predicted octanol–water partition coefficient (Wildman–Crippen LogP) is 5.41. The van der Waals surface area contributed by atoms with Gasteiger partial charge in [-0.25, -0.2) is 0 Å². The van der Waals surface area contributed by atoms with Crippen molar-refractivity contribution in [3.63, 3.8) is 0 Å². The Morgan fingerprint density at radius 3 is 1.70 bits per heavy atom. The third-order valence-corrected chi connectivity index (χ3v) is 4.45. The lowest BCUT2D eigenvalue weighted by Gasteiger charge is -2.07. The van der Waals surface area contributed by atoms with Gasteiger partial charge in [-0.15, -0.1) is 0 Å². The van der Waals surface area contributed by atoms with Crippen molar-refractivity contribution in [1.29, 1.82) is 0 Å². The first-order valence-electron chi connectivity index (χ1n) is 9.24. The predicted molar refractivity (Wildman–Crippen MR) is 88.1 cm³/mol. The Balaban J connectivity index is 1.66. The molecular weight excluding hydrogens is 246 g/mol. The molecule has 1 aliphatic heterocycles. The van der Waals surface area contributed by atoms with Gasteiger partial charge in [0.2, 0.25) is 0 Å². The molecule has 0 saturated carbocycles. The monoisotopic (exact) mass is 283 g/mol. The fourth-order valence-corrected chi connectivity index (χ4v) is 3.03. The molecule has 1 heterocycles. The lowest BCUT2D eigenvalue weighted by atomic mass is 10.0. The fourth-order valence-electron chi connectivity index (χ4n) is 3.03. The van der Waals surface area contributed by atoms with Crippen LogP contribution in [-0.2, 0) is 4.74 Å². The lowest BCUT2D eigenvalue weighted by molar-refractivity contribution is 0.188. The third-order valence-electron chi connectivity index (χ3n) is 4.45. The summed E-state index contributed by atoms with van der Waals surface area (Å²) in [6.45, 7) is 3.99. The molecule has 20 heavy (non-hydrogen) atoms. The van der Waals surface area contributed by atoms with Gasteiger partial charge in [0, 0.05) is 6.04 Å². The van der Waals surface area contributed by atoms with E-state index in [1.165, 1.54) is 89.9 Å². The maximum absolute atomic E-state index is 5.31. The molecule has 1 unspecified atom stereocenters. The molecule has 0 aromatic rings. The molecule has 0 spiro atoms. The van der Waals surface area contributed by atoms with Crippen molar-refractivity contribution in [1.82, 2.24) is 5.32 Å². The molecule has 1 fully saturated rings. The maximum Gasteiger partial charge on any atom is 0.0968 e. The number of rotatable bonds is 14. The molecule has 1 rings (SSSR count). The highest BCUT2D eigenvalue weighted by molar-refractivity contribution is 4.68. The average Bonchev–Trinajstić information content (AvgIpc) is 2.97. The lowest BCUT2D eigenvalue weighted by Crippen LogP contribution is -2.23. The van der Waals surface area contributed by atoms with Crippen molar-refractivity contribution in [3.05, 3.63) is 0 Å². The number of hydrogen-bond acceptors (Lipinski definition) is 2. The molecule has 1 atom stereocenters. The number of nitrogens with one attached hydrogen (secondary N) is 1. The molecule has 2 nitrogen and oxygen atoms in total. The summed E-state index contributed by atoms with van der Waals surface area (Å²) >= 11 is 0. The summed E-state index contributed by atoms with van der Waals surface area (Å²) in [7, 11) is 0. The van der Waals surface area contributed by atoms with Crippen molar-refractivity contribution >= 4 is 0 Å². The zero-order valence-corrected chi connectivity index (χ0v) is 13.8. The third kappa shape index (κ3) is 10.7. The van der Waals surface area contributed by atoms with Crippen LogP contribution in [0.1, 0.15) is 96.8 Å². The highest BCUT2D eigenvalue weighted by Crippen LogP contribution is 2.13. The minimum Gasteiger partial charge on any atom is -0.365 e. The van der Waals surface area contributed by atoms with Crippen molar-refractivity contribution in [2.45, 2.75) is 103 Å². The minimum absolute atomic E-state index is 0.641. The molecule has 0 radical (unpaired) electrons. The van der Waals surface area contributed by atoms with Crippen LogP contribution in [-0.4, -0.2) is 19.4 Å². The second-order valence-corrected chi connectivity index (χ2v) is 6.45. The average molecular weight is 283 g/mol. The second kappa shape index (κ2) is 13.9. The minimum atomic E-state index is 0.641. The Bertz CT molecular complexity index is 190. The highest BCUT2D eigenvalue weighted by atomic mass is 16.5. The topological polar surface area (TPSA) is 21.3 Å². The van der Waals surface area contributed by atoms with Crippen LogP contribution >= 0.6 is 0 Å². The summed E-state index contributed by atoms with van der Waals surface area (Å²) in [6, 6.07) is 0.641. The van der Waals surface area contributed by atoms with Gasteiger partial charge in [-0.1, -0.05) is 90.4 Å². The largest absolute Gasteiger partial charge is 0.365 e. The van der Waals surface area contributed by atoms with Gasteiger partial charge >= 0.3 is 0 Å². The first kappa shape index (κ1) is 18.0. The van der Waals surface area contributed by atoms with Crippen molar-refractivity contribution < 1.29 is 4.74 Å². The molecule has 0 bridgehead atoms. The molecule has 2 heteroatoms. The smallest absolute Gasteiger partial charge is 0.0968 e. The van der Waals surface area contributed by atoms with Gasteiger partial charge in [0.15, 0.2) is 0 Å².